The van der Waals surface area contributed by atoms with Crippen LogP contribution in [0.3, 0.4) is 0 Å². The number of hydrogen-bond acceptors (Lipinski definition) is 4. The van der Waals surface area contributed by atoms with E-state index in [-0.39, 0.29) is 12.2 Å². The Morgan fingerprint density at radius 3 is 2.86 bits per heavy atom. The van der Waals surface area contributed by atoms with Crippen LogP contribution in [0.5, 0.6) is 0 Å². The van der Waals surface area contributed by atoms with E-state index in [1.807, 2.05) is 0 Å². The molecule has 1 aromatic rings. The van der Waals surface area contributed by atoms with E-state index in [0.29, 0.717) is 11.1 Å². The van der Waals surface area contributed by atoms with Crippen LogP contribution in [0.15, 0.2) is 23.2 Å². The van der Waals surface area contributed by atoms with E-state index in [9.17, 15) is 14.9 Å². The lowest BCUT2D eigenvalue weighted by atomic mass is 10.1. The average Bonchev–Trinajstić information content (AvgIpc) is 2.16. The highest BCUT2D eigenvalue weighted by atomic mass is 16.6. The van der Waals surface area contributed by atoms with Gasteiger partial charge in [0.25, 0.3) is 5.69 Å². The number of benzene rings is 1. The minimum atomic E-state index is -0.455. The van der Waals surface area contributed by atoms with Gasteiger partial charge in [-0.1, -0.05) is 12.1 Å². The van der Waals surface area contributed by atoms with Crippen molar-refractivity contribution in [2.75, 3.05) is 0 Å². The number of nitro benzene ring substituents is 1. The normalized spacial score (nSPS) is 9.21. The second kappa shape index (κ2) is 4.30. The lowest BCUT2D eigenvalue weighted by Crippen LogP contribution is -1.95. The van der Waals surface area contributed by atoms with Crippen LogP contribution >= 0.6 is 0 Å². The molecule has 14 heavy (non-hydrogen) atoms. The monoisotopic (exact) mass is 192 g/mol. The number of carbonyl (C=O) groups excluding carboxylic acids is 1. The third-order valence-corrected chi connectivity index (χ3v) is 1.93. The van der Waals surface area contributed by atoms with Crippen LogP contribution in [0.4, 0.5) is 5.69 Å². The summed E-state index contributed by atoms with van der Waals surface area (Å²) in [5, 5.41) is 10.5. The van der Waals surface area contributed by atoms with E-state index in [1.165, 1.54) is 12.1 Å². The van der Waals surface area contributed by atoms with Crippen molar-refractivity contribution in [3.63, 3.8) is 0 Å². The molecule has 0 amide bonds. The molecule has 1 aromatic carbocycles. The fourth-order valence-electron chi connectivity index (χ4n) is 1.16. The minimum Gasteiger partial charge on any atom is -0.258 e. The maximum atomic E-state index is 10.5. The third kappa shape index (κ3) is 2.02. The van der Waals surface area contributed by atoms with Gasteiger partial charge in [0.05, 0.1) is 11.5 Å². The number of nitrogens with zero attached hydrogens (tertiary/aromatic N) is 2. The molecule has 0 spiro atoms. The molecule has 0 aliphatic heterocycles. The van der Waals surface area contributed by atoms with Crippen molar-refractivity contribution >= 4 is 11.8 Å². The summed E-state index contributed by atoms with van der Waals surface area (Å²) in [7, 11) is 0. The van der Waals surface area contributed by atoms with Gasteiger partial charge in [-0.25, -0.2) is 9.79 Å². The molecule has 0 aliphatic carbocycles. The summed E-state index contributed by atoms with van der Waals surface area (Å²) < 4.78 is 0. The van der Waals surface area contributed by atoms with E-state index in [2.05, 4.69) is 4.99 Å². The zero-order chi connectivity index (χ0) is 10.6. The minimum absolute atomic E-state index is 0.0450. The Morgan fingerprint density at radius 1 is 1.57 bits per heavy atom. The van der Waals surface area contributed by atoms with Crippen molar-refractivity contribution in [1.29, 1.82) is 0 Å². The van der Waals surface area contributed by atoms with Gasteiger partial charge in [-0.15, -0.1) is 0 Å². The van der Waals surface area contributed by atoms with Gasteiger partial charge >= 0.3 is 0 Å². The molecule has 5 heteroatoms. The first-order chi connectivity index (χ1) is 6.66. The van der Waals surface area contributed by atoms with Crippen molar-refractivity contribution in [3.05, 3.63) is 39.4 Å². The number of isocyanates is 1. The maximum Gasteiger partial charge on any atom is 0.272 e. The van der Waals surface area contributed by atoms with Gasteiger partial charge in [-0.05, 0) is 12.5 Å². The van der Waals surface area contributed by atoms with E-state index in [0.717, 1.165) is 0 Å². The Kier molecular flexibility index (Phi) is 3.09. The molecule has 1 rings (SSSR count). The highest BCUT2D eigenvalue weighted by molar-refractivity contribution is 5.45. The number of hydrogen-bond donors (Lipinski definition) is 0. The molecular weight excluding hydrogens is 184 g/mol. The Hall–Kier alpha value is -2.00. The standard InChI is InChI=1S/C9H8N2O3/c1-7-8(5-10-6-12)3-2-4-9(7)11(13)14/h2-4H,5H2,1H3. The smallest absolute Gasteiger partial charge is 0.258 e. The fraction of sp³-hybridized carbons (Fsp3) is 0.222. The zero-order valence-electron chi connectivity index (χ0n) is 7.56. The van der Waals surface area contributed by atoms with Crippen molar-refractivity contribution in [2.24, 2.45) is 4.99 Å². The summed E-state index contributed by atoms with van der Waals surface area (Å²) in [5.41, 5.74) is 1.25. The Morgan fingerprint density at radius 2 is 2.29 bits per heavy atom. The molecule has 72 valence electrons. The zero-order valence-corrected chi connectivity index (χ0v) is 7.56. The molecule has 0 fully saturated rings. The predicted octanol–water partition coefficient (Wildman–Crippen LogP) is 1.74. The van der Waals surface area contributed by atoms with Crippen LogP contribution in [0.1, 0.15) is 11.1 Å². The third-order valence-electron chi connectivity index (χ3n) is 1.93. The summed E-state index contributed by atoms with van der Waals surface area (Å²) in [6, 6.07) is 4.69. The molecule has 0 aliphatic rings. The quantitative estimate of drug-likeness (QED) is 0.317. The molecule has 0 unspecified atom stereocenters. The van der Waals surface area contributed by atoms with E-state index < -0.39 is 4.92 Å². The highest BCUT2D eigenvalue weighted by Gasteiger charge is 2.12. The Labute approximate surface area is 80.2 Å². The van der Waals surface area contributed by atoms with Crippen LogP contribution in [0.25, 0.3) is 0 Å². The molecule has 0 aromatic heterocycles. The van der Waals surface area contributed by atoms with Gasteiger partial charge in [0.15, 0.2) is 0 Å². The summed E-state index contributed by atoms with van der Waals surface area (Å²) in [6.45, 7) is 1.77. The molecule has 0 bridgehead atoms. The molecule has 0 N–H and O–H groups in total. The summed E-state index contributed by atoms with van der Waals surface area (Å²) in [5.74, 6) is 0. The van der Waals surface area contributed by atoms with E-state index in [4.69, 9.17) is 0 Å². The lowest BCUT2D eigenvalue weighted by molar-refractivity contribution is -0.385. The molecule has 0 radical (unpaired) electrons. The molecule has 5 nitrogen and oxygen atoms in total. The Bertz CT molecular complexity index is 409. The number of rotatable bonds is 3. The van der Waals surface area contributed by atoms with Gasteiger partial charge in [-0.3, -0.25) is 10.1 Å². The molecule has 0 atom stereocenters. The molecular formula is C9H8N2O3. The summed E-state index contributed by atoms with van der Waals surface area (Å²) in [6.07, 6.45) is 1.40. The Balaban J connectivity index is 3.13. The fourth-order valence-corrected chi connectivity index (χ4v) is 1.16. The topological polar surface area (TPSA) is 72.6 Å². The average molecular weight is 192 g/mol. The van der Waals surface area contributed by atoms with Crippen LogP contribution in [0.2, 0.25) is 0 Å². The van der Waals surface area contributed by atoms with Gasteiger partial charge < -0.3 is 0 Å². The molecule has 0 saturated heterocycles. The van der Waals surface area contributed by atoms with Crippen LogP contribution in [-0.2, 0) is 11.3 Å². The van der Waals surface area contributed by atoms with Crippen LogP contribution < -0.4 is 0 Å². The van der Waals surface area contributed by atoms with Crippen molar-refractivity contribution in [3.8, 4) is 0 Å². The predicted molar refractivity (Wildman–Crippen MR) is 49.7 cm³/mol. The SMILES string of the molecule is Cc1c(CN=C=O)cccc1[N+](=O)[O-]. The second-order valence-corrected chi connectivity index (χ2v) is 2.73. The van der Waals surface area contributed by atoms with E-state index >= 15 is 0 Å². The maximum absolute atomic E-state index is 10.5. The largest absolute Gasteiger partial charge is 0.272 e. The summed E-state index contributed by atoms with van der Waals surface area (Å²) >= 11 is 0. The number of aliphatic imine (C=N–C) groups is 1. The lowest BCUT2D eigenvalue weighted by Gasteiger charge is -2.01. The number of nitro groups is 1. The van der Waals surface area contributed by atoms with Gasteiger partial charge in [0.2, 0.25) is 6.08 Å². The van der Waals surface area contributed by atoms with Crippen molar-refractivity contribution in [2.45, 2.75) is 13.5 Å². The van der Waals surface area contributed by atoms with E-state index in [1.54, 1.807) is 19.1 Å². The molecule has 0 saturated carbocycles. The van der Waals surface area contributed by atoms with Gasteiger partial charge in [0.1, 0.15) is 0 Å². The van der Waals surface area contributed by atoms with Crippen LogP contribution in [-0.4, -0.2) is 11.0 Å². The molecule has 0 heterocycles. The highest BCUT2D eigenvalue weighted by Crippen LogP contribution is 2.21. The first kappa shape index (κ1) is 10.1. The van der Waals surface area contributed by atoms with Crippen molar-refractivity contribution in [1.82, 2.24) is 0 Å². The second-order valence-electron chi connectivity index (χ2n) is 2.73. The first-order valence-electron chi connectivity index (χ1n) is 3.93. The van der Waals surface area contributed by atoms with Gasteiger partial charge in [-0.2, -0.15) is 0 Å². The first-order valence-corrected chi connectivity index (χ1v) is 3.93. The van der Waals surface area contributed by atoms with Gasteiger partial charge in [0, 0.05) is 11.6 Å². The van der Waals surface area contributed by atoms with Crippen LogP contribution in [0, 0.1) is 17.0 Å². The summed E-state index contributed by atoms with van der Waals surface area (Å²) in [4.78, 5) is 23.3. The van der Waals surface area contributed by atoms with Crippen molar-refractivity contribution < 1.29 is 9.72 Å².